The normalized spacial score (nSPS) is 10.3. The molecule has 2 aromatic rings. The molecule has 1 aromatic carbocycles. The fraction of sp³-hybridized carbons (Fsp3) is 0.231. The minimum atomic E-state index is -0.117. The standard InChI is InChI=1S/C13H14N2OS2/c1-9-15-12(8-18-9)13(16)14-7-10-4-3-5-11(6-10)17-2/h3-6,8H,7H2,1-2H3,(H,14,16). The number of hydrogen-bond acceptors (Lipinski definition) is 4. The number of nitrogens with one attached hydrogen (secondary N) is 1. The van der Waals surface area contributed by atoms with Gasteiger partial charge in [0.05, 0.1) is 5.01 Å². The average molecular weight is 278 g/mol. The van der Waals surface area contributed by atoms with Gasteiger partial charge in [0.2, 0.25) is 0 Å². The quantitative estimate of drug-likeness (QED) is 0.874. The van der Waals surface area contributed by atoms with Crippen LogP contribution in [0.4, 0.5) is 0 Å². The third-order valence-electron chi connectivity index (χ3n) is 2.44. The molecule has 0 aliphatic heterocycles. The Kier molecular flexibility index (Phi) is 4.38. The van der Waals surface area contributed by atoms with E-state index in [4.69, 9.17) is 0 Å². The molecule has 2 rings (SSSR count). The van der Waals surface area contributed by atoms with Gasteiger partial charge in [-0.1, -0.05) is 12.1 Å². The van der Waals surface area contributed by atoms with Crippen LogP contribution in [-0.4, -0.2) is 17.1 Å². The van der Waals surface area contributed by atoms with Crippen molar-refractivity contribution in [2.75, 3.05) is 6.26 Å². The molecule has 0 aliphatic rings. The summed E-state index contributed by atoms with van der Waals surface area (Å²) in [6, 6.07) is 8.14. The smallest absolute Gasteiger partial charge is 0.271 e. The van der Waals surface area contributed by atoms with E-state index >= 15 is 0 Å². The Morgan fingerprint density at radius 1 is 1.50 bits per heavy atom. The van der Waals surface area contributed by atoms with Crippen molar-refractivity contribution in [2.45, 2.75) is 18.4 Å². The Bertz CT molecular complexity index is 551. The summed E-state index contributed by atoms with van der Waals surface area (Å²) in [4.78, 5) is 17.2. The first-order valence-electron chi connectivity index (χ1n) is 5.52. The fourth-order valence-corrected chi connectivity index (χ4v) is 2.60. The maximum Gasteiger partial charge on any atom is 0.271 e. The van der Waals surface area contributed by atoms with E-state index in [2.05, 4.69) is 22.4 Å². The fourth-order valence-electron chi connectivity index (χ4n) is 1.52. The first kappa shape index (κ1) is 13.1. The number of hydrogen-bond donors (Lipinski definition) is 1. The molecule has 1 N–H and O–H groups in total. The second-order valence-corrected chi connectivity index (χ2v) is 5.73. The van der Waals surface area contributed by atoms with Gasteiger partial charge in [0.1, 0.15) is 5.69 Å². The molecule has 0 saturated carbocycles. The predicted octanol–water partition coefficient (Wildman–Crippen LogP) is 3.10. The molecule has 1 heterocycles. The van der Waals surface area contributed by atoms with Crippen molar-refractivity contribution in [2.24, 2.45) is 0 Å². The molecule has 1 aromatic heterocycles. The van der Waals surface area contributed by atoms with E-state index in [1.807, 2.05) is 25.3 Å². The van der Waals surface area contributed by atoms with Gasteiger partial charge in [-0.2, -0.15) is 0 Å². The Hall–Kier alpha value is -1.33. The van der Waals surface area contributed by atoms with Crippen LogP contribution in [0.25, 0.3) is 0 Å². The van der Waals surface area contributed by atoms with E-state index in [9.17, 15) is 4.79 Å². The highest BCUT2D eigenvalue weighted by molar-refractivity contribution is 7.98. The van der Waals surface area contributed by atoms with Crippen LogP contribution in [0, 0.1) is 6.92 Å². The van der Waals surface area contributed by atoms with E-state index in [0.29, 0.717) is 12.2 Å². The second kappa shape index (κ2) is 6.02. The molecular formula is C13H14N2OS2. The number of carbonyl (C=O) groups excluding carboxylic acids is 1. The summed E-state index contributed by atoms with van der Waals surface area (Å²) in [6.07, 6.45) is 2.04. The molecule has 0 unspecified atom stereocenters. The van der Waals surface area contributed by atoms with Crippen molar-refractivity contribution in [1.29, 1.82) is 0 Å². The number of benzene rings is 1. The summed E-state index contributed by atoms with van der Waals surface area (Å²) in [5.41, 5.74) is 1.60. The topological polar surface area (TPSA) is 42.0 Å². The lowest BCUT2D eigenvalue weighted by Gasteiger charge is -2.05. The summed E-state index contributed by atoms with van der Waals surface area (Å²) in [5, 5.41) is 5.56. The Morgan fingerprint density at radius 3 is 3.00 bits per heavy atom. The maximum absolute atomic E-state index is 11.8. The molecule has 1 amide bonds. The van der Waals surface area contributed by atoms with Gasteiger partial charge in [-0.25, -0.2) is 4.98 Å². The lowest BCUT2D eigenvalue weighted by molar-refractivity contribution is 0.0946. The van der Waals surface area contributed by atoms with Crippen LogP contribution in [0.2, 0.25) is 0 Å². The molecule has 0 saturated heterocycles. The van der Waals surface area contributed by atoms with Gasteiger partial charge in [0, 0.05) is 16.8 Å². The number of carbonyl (C=O) groups is 1. The zero-order valence-electron chi connectivity index (χ0n) is 10.3. The molecule has 0 bridgehead atoms. The van der Waals surface area contributed by atoms with Gasteiger partial charge < -0.3 is 5.32 Å². The number of thioether (sulfide) groups is 1. The molecule has 0 spiro atoms. The van der Waals surface area contributed by atoms with Crippen molar-refractivity contribution < 1.29 is 4.79 Å². The van der Waals surface area contributed by atoms with Crippen LogP contribution in [0.15, 0.2) is 34.5 Å². The van der Waals surface area contributed by atoms with Crippen molar-refractivity contribution >= 4 is 29.0 Å². The third-order valence-corrected chi connectivity index (χ3v) is 3.94. The minimum Gasteiger partial charge on any atom is -0.347 e. The SMILES string of the molecule is CSc1cccc(CNC(=O)c2csc(C)n2)c1. The van der Waals surface area contributed by atoms with Gasteiger partial charge in [0.15, 0.2) is 0 Å². The van der Waals surface area contributed by atoms with E-state index in [1.165, 1.54) is 16.2 Å². The largest absolute Gasteiger partial charge is 0.347 e. The van der Waals surface area contributed by atoms with Gasteiger partial charge in [-0.05, 0) is 30.9 Å². The van der Waals surface area contributed by atoms with E-state index in [1.54, 1.807) is 17.1 Å². The highest BCUT2D eigenvalue weighted by Crippen LogP contribution is 2.15. The van der Waals surface area contributed by atoms with Gasteiger partial charge in [-0.3, -0.25) is 4.79 Å². The molecule has 18 heavy (non-hydrogen) atoms. The highest BCUT2D eigenvalue weighted by atomic mass is 32.2. The zero-order chi connectivity index (χ0) is 13.0. The van der Waals surface area contributed by atoms with Crippen LogP contribution in [0.3, 0.4) is 0 Å². The van der Waals surface area contributed by atoms with Crippen LogP contribution >= 0.6 is 23.1 Å². The van der Waals surface area contributed by atoms with E-state index in [0.717, 1.165) is 10.6 Å². The zero-order valence-corrected chi connectivity index (χ0v) is 11.9. The summed E-state index contributed by atoms with van der Waals surface area (Å²) in [5.74, 6) is -0.117. The summed E-state index contributed by atoms with van der Waals surface area (Å²) in [6.45, 7) is 2.42. The van der Waals surface area contributed by atoms with E-state index in [-0.39, 0.29) is 5.91 Å². The van der Waals surface area contributed by atoms with E-state index < -0.39 is 0 Å². The molecule has 0 aliphatic carbocycles. The number of thiazole rings is 1. The first-order chi connectivity index (χ1) is 8.69. The number of nitrogens with zero attached hydrogens (tertiary/aromatic N) is 1. The summed E-state index contributed by atoms with van der Waals surface area (Å²) >= 11 is 3.18. The number of amides is 1. The molecule has 0 fully saturated rings. The van der Waals surface area contributed by atoms with Crippen LogP contribution in [0.5, 0.6) is 0 Å². The van der Waals surface area contributed by atoms with Crippen LogP contribution in [-0.2, 0) is 6.54 Å². The van der Waals surface area contributed by atoms with Gasteiger partial charge in [0.25, 0.3) is 5.91 Å². The summed E-state index contributed by atoms with van der Waals surface area (Å²) in [7, 11) is 0. The Morgan fingerprint density at radius 2 is 2.33 bits per heavy atom. The molecule has 3 nitrogen and oxygen atoms in total. The molecule has 94 valence electrons. The molecule has 0 radical (unpaired) electrons. The predicted molar refractivity (Wildman–Crippen MR) is 76.2 cm³/mol. The lowest BCUT2D eigenvalue weighted by atomic mass is 10.2. The van der Waals surface area contributed by atoms with Crippen LogP contribution < -0.4 is 5.32 Å². The van der Waals surface area contributed by atoms with Gasteiger partial charge in [-0.15, -0.1) is 23.1 Å². The Balaban J connectivity index is 1.97. The molecular weight excluding hydrogens is 264 g/mol. The van der Waals surface area contributed by atoms with Crippen LogP contribution in [0.1, 0.15) is 21.1 Å². The highest BCUT2D eigenvalue weighted by Gasteiger charge is 2.08. The van der Waals surface area contributed by atoms with Crippen molar-refractivity contribution in [1.82, 2.24) is 10.3 Å². The summed E-state index contributed by atoms with van der Waals surface area (Å²) < 4.78 is 0. The molecule has 5 heteroatoms. The number of aryl methyl sites for hydroxylation is 1. The number of rotatable bonds is 4. The number of aromatic nitrogens is 1. The average Bonchev–Trinajstić information content (AvgIpc) is 2.83. The van der Waals surface area contributed by atoms with Crippen molar-refractivity contribution in [3.63, 3.8) is 0 Å². The maximum atomic E-state index is 11.8. The lowest BCUT2D eigenvalue weighted by Crippen LogP contribution is -2.23. The molecule has 0 atom stereocenters. The first-order valence-corrected chi connectivity index (χ1v) is 7.63. The Labute approximate surface area is 115 Å². The second-order valence-electron chi connectivity index (χ2n) is 3.79. The minimum absolute atomic E-state index is 0.117. The third kappa shape index (κ3) is 3.34. The van der Waals surface area contributed by atoms with Crippen molar-refractivity contribution in [3.8, 4) is 0 Å². The monoisotopic (exact) mass is 278 g/mol. The van der Waals surface area contributed by atoms with Crippen molar-refractivity contribution in [3.05, 3.63) is 45.9 Å². The van der Waals surface area contributed by atoms with Gasteiger partial charge >= 0.3 is 0 Å².